The minimum absolute atomic E-state index is 0.102. The molecule has 0 aliphatic carbocycles. The second-order valence-electron chi connectivity index (χ2n) is 6.34. The Labute approximate surface area is 142 Å². The van der Waals surface area contributed by atoms with Gasteiger partial charge in [0.15, 0.2) is 0 Å². The Morgan fingerprint density at radius 3 is 2.54 bits per heavy atom. The third kappa shape index (κ3) is 3.94. The van der Waals surface area contributed by atoms with Gasteiger partial charge < -0.3 is 15.7 Å². The number of anilines is 1. The van der Waals surface area contributed by atoms with Crippen molar-refractivity contribution in [3.8, 4) is 5.69 Å². The molecular formula is C18H26N4O2. The lowest BCUT2D eigenvalue weighted by Gasteiger charge is -2.28. The summed E-state index contributed by atoms with van der Waals surface area (Å²) in [6, 6.07) is 9.44. The summed E-state index contributed by atoms with van der Waals surface area (Å²) in [7, 11) is 0. The van der Waals surface area contributed by atoms with Crippen molar-refractivity contribution in [3.05, 3.63) is 41.7 Å². The van der Waals surface area contributed by atoms with Gasteiger partial charge in [-0.1, -0.05) is 31.5 Å². The molecule has 1 aromatic heterocycles. The number of aryl methyl sites for hydroxylation is 1. The predicted molar refractivity (Wildman–Crippen MR) is 95.6 cm³/mol. The van der Waals surface area contributed by atoms with Crippen LogP contribution in [0.3, 0.4) is 0 Å². The predicted octanol–water partition coefficient (Wildman–Crippen LogP) is 3.16. The maximum Gasteiger partial charge on any atom is 0.319 e. The number of urea groups is 1. The van der Waals surface area contributed by atoms with Gasteiger partial charge >= 0.3 is 6.03 Å². The summed E-state index contributed by atoms with van der Waals surface area (Å²) in [5.41, 5.74) is 2.60. The van der Waals surface area contributed by atoms with Crippen LogP contribution in [-0.2, 0) is 0 Å². The van der Waals surface area contributed by atoms with Crippen LogP contribution < -0.4 is 10.6 Å². The highest BCUT2D eigenvalue weighted by molar-refractivity contribution is 5.91. The molecule has 0 spiro atoms. The summed E-state index contributed by atoms with van der Waals surface area (Å²) in [6.07, 6.45) is 1.58. The number of rotatable bonds is 6. The Morgan fingerprint density at radius 2 is 1.96 bits per heavy atom. The SMILES string of the molecule is CCC[C@@](C)(CO)NC(=O)Nc1c(C)nn(-c2ccccc2)c1C. The molecule has 1 atom stereocenters. The second-order valence-corrected chi connectivity index (χ2v) is 6.34. The summed E-state index contributed by atoms with van der Waals surface area (Å²) in [4.78, 5) is 12.3. The number of amides is 2. The zero-order valence-corrected chi connectivity index (χ0v) is 14.8. The van der Waals surface area contributed by atoms with Crippen LogP contribution >= 0.6 is 0 Å². The molecule has 24 heavy (non-hydrogen) atoms. The summed E-state index contributed by atoms with van der Waals surface area (Å²) in [6.45, 7) is 7.53. The number of nitrogens with one attached hydrogen (secondary N) is 2. The molecule has 1 heterocycles. The Hall–Kier alpha value is -2.34. The molecule has 2 rings (SSSR count). The first-order chi connectivity index (χ1) is 11.4. The molecule has 0 aliphatic heterocycles. The number of hydrogen-bond acceptors (Lipinski definition) is 3. The zero-order valence-electron chi connectivity index (χ0n) is 14.8. The molecule has 0 aliphatic rings. The summed E-state index contributed by atoms with van der Waals surface area (Å²) in [5, 5.41) is 19.8. The molecule has 0 bridgehead atoms. The number of benzene rings is 1. The first kappa shape index (κ1) is 18.0. The number of carbonyl (C=O) groups is 1. The van der Waals surface area contributed by atoms with Gasteiger partial charge in [0.05, 0.1) is 34.9 Å². The molecular weight excluding hydrogens is 304 g/mol. The van der Waals surface area contributed by atoms with Crippen LogP contribution in [0, 0.1) is 13.8 Å². The fourth-order valence-electron chi connectivity index (χ4n) is 2.80. The van der Waals surface area contributed by atoms with Gasteiger partial charge in [-0.25, -0.2) is 9.48 Å². The average Bonchev–Trinajstić information content (AvgIpc) is 2.84. The summed E-state index contributed by atoms with van der Waals surface area (Å²) >= 11 is 0. The molecule has 0 saturated carbocycles. The number of aliphatic hydroxyl groups excluding tert-OH is 1. The van der Waals surface area contributed by atoms with Crippen molar-refractivity contribution in [2.24, 2.45) is 0 Å². The third-order valence-electron chi connectivity index (χ3n) is 4.10. The van der Waals surface area contributed by atoms with Gasteiger partial charge in [-0.2, -0.15) is 5.10 Å². The van der Waals surface area contributed by atoms with E-state index in [1.54, 1.807) is 0 Å². The van der Waals surface area contributed by atoms with E-state index in [0.29, 0.717) is 12.1 Å². The van der Waals surface area contributed by atoms with Crippen molar-refractivity contribution in [2.75, 3.05) is 11.9 Å². The smallest absolute Gasteiger partial charge is 0.319 e. The quantitative estimate of drug-likeness (QED) is 0.761. The summed E-state index contributed by atoms with van der Waals surface area (Å²) in [5.74, 6) is 0. The van der Waals surface area contributed by atoms with Gasteiger partial charge in [-0.15, -0.1) is 0 Å². The van der Waals surface area contributed by atoms with Crippen LogP contribution in [0.4, 0.5) is 10.5 Å². The van der Waals surface area contributed by atoms with Crippen LogP contribution in [0.25, 0.3) is 5.69 Å². The highest BCUT2D eigenvalue weighted by atomic mass is 16.3. The van der Waals surface area contributed by atoms with E-state index >= 15 is 0 Å². The first-order valence-corrected chi connectivity index (χ1v) is 8.22. The lowest BCUT2D eigenvalue weighted by atomic mass is 9.98. The van der Waals surface area contributed by atoms with Crippen LogP contribution in [0.5, 0.6) is 0 Å². The van der Waals surface area contributed by atoms with Crippen molar-refractivity contribution in [3.63, 3.8) is 0 Å². The van der Waals surface area contributed by atoms with E-state index in [0.717, 1.165) is 23.5 Å². The largest absolute Gasteiger partial charge is 0.394 e. The van der Waals surface area contributed by atoms with Crippen molar-refractivity contribution in [1.82, 2.24) is 15.1 Å². The molecule has 6 heteroatoms. The van der Waals surface area contributed by atoms with E-state index < -0.39 is 5.54 Å². The number of hydrogen-bond donors (Lipinski definition) is 3. The maximum absolute atomic E-state index is 12.3. The van der Waals surface area contributed by atoms with E-state index in [1.165, 1.54) is 0 Å². The monoisotopic (exact) mass is 330 g/mol. The fraction of sp³-hybridized carbons (Fsp3) is 0.444. The van der Waals surface area contributed by atoms with E-state index in [2.05, 4.69) is 15.7 Å². The van der Waals surface area contributed by atoms with E-state index in [9.17, 15) is 9.90 Å². The van der Waals surface area contributed by atoms with Crippen molar-refractivity contribution >= 4 is 11.7 Å². The Morgan fingerprint density at radius 1 is 1.29 bits per heavy atom. The Balaban J connectivity index is 2.19. The standard InChI is InChI=1S/C18H26N4O2/c1-5-11-18(4,12-23)20-17(24)19-16-13(2)21-22(14(16)3)15-9-7-6-8-10-15/h6-10,23H,5,11-12H2,1-4H3,(H2,19,20,24)/t18-/m0/s1. The zero-order chi connectivity index (χ0) is 17.7. The van der Waals surface area contributed by atoms with E-state index in [1.807, 2.05) is 62.7 Å². The number of aliphatic hydroxyl groups is 1. The number of aromatic nitrogens is 2. The molecule has 2 amide bonds. The van der Waals surface area contributed by atoms with Crippen molar-refractivity contribution in [1.29, 1.82) is 0 Å². The average molecular weight is 330 g/mol. The lowest BCUT2D eigenvalue weighted by Crippen LogP contribution is -2.50. The maximum atomic E-state index is 12.3. The molecule has 0 radical (unpaired) electrons. The van der Waals surface area contributed by atoms with Gasteiger partial charge in [-0.3, -0.25) is 0 Å². The Bertz CT molecular complexity index is 697. The Kier molecular flexibility index (Phi) is 5.62. The fourth-order valence-corrected chi connectivity index (χ4v) is 2.80. The van der Waals surface area contributed by atoms with Gasteiger partial charge in [0, 0.05) is 0 Å². The first-order valence-electron chi connectivity index (χ1n) is 8.22. The van der Waals surface area contributed by atoms with Crippen LogP contribution in [0.2, 0.25) is 0 Å². The normalized spacial score (nSPS) is 13.4. The molecule has 0 fully saturated rings. The summed E-state index contributed by atoms with van der Waals surface area (Å²) < 4.78 is 1.81. The van der Waals surface area contributed by atoms with Crippen LogP contribution in [0.1, 0.15) is 38.1 Å². The van der Waals surface area contributed by atoms with Crippen LogP contribution in [0.15, 0.2) is 30.3 Å². The highest BCUT2D eigenvalue weighted by Gasteiger charge is 2.25. The molecule has 1 aromatic carbocycles. The van der Waals surface area contributed by atoms with Crippen molar-refractivity contribution < 1.29 is 9.90 Å². The lowest BCUT2D eigenvalue weighted by molar-refractivity contribution is 0.167. The molecule has 0 unspecified atom stereocenters. The number of carbonyl (C=O) groups excluding carboxylic acids is 1. The minimum atomic E-state index is -0.629. The van der Waals surface area contributed by atoms with Crippen LogP contribution in [-0.4, -0.2) is 33.1 Å². The third-order valence-corrected chi connectivity index (χ3v) is 4.10. The van der Waals surface area contributed by atoms with Gasteiger partial charge in [0.2, 0.25) is 0 Å². The van der Waals surface area contributed by atoms with Gasteiger partial charge in [0.1, 0.15) is 0 Å². The molecule has 2 aromatic rings. The highest BCUT2D eigenvalue weighted by Crippen LogP contribution is 2.23. The minimum Gasteiger partial charge on any atom is -0.394 e. The van der Waals surface area contributed by atoms with Crippen molar-refractivity contribution in [2.45, 2.75) is 46.1 Å². The van der Waals surface area contributed by atoms with E-state index in [-0.39, 0.29) is 12.6 Å². The van der Waals surface area contributed by atoms with E-state index in [4.69, 9.17) is 0 Å². The molecule has 3 N–H and O–H groups in total. The second kappa shape index (κ2) is 7.49. The molecule has 0 saturated heterocycles. The van der Waals surface area contributed by atoms with Gasteiger partial charge in [0.25, 0.3) is 0 Å². The number of nitrogens with zero attached hydrogens (tertiary/aromatic N) is 2. The molecule has 6 nitrogen and oxygen atoms in total. The van der Waals surface area contributed by atoms with Gasteiger partial charge in [-0.05, 0) is 39.3 Å². The topological polar surface area (TPSA) is 79.2 Å². The number of para-hydroxylation sites is 1. The molecule has 130 valence electrons.